The minimum absolute atomic E-state index is 0. The number of aryl methyl sites for hydroxylation is 1. The number of hydrogen-bond acceptors (Lipinski definition) is 4. The first-order valence-electron chi connectivity index (χ1n) is 9.38. The predicted molar refractivity (Wildman–Crippen MR) is 117 cm³/mol. The number of nitrogens with one attached hydrogen (secondary N) is 3. The Morgan fingerprint density at radius 3 is 2.73 bits per heavy atom. The number of aromatic nitrogens is 1. The molecule has 0 spiro atoms. The summed E-state index contributed by atoms with van der Waals surface area (Å²) in [4.78, 5) is 21.2. The number of carbonyl (C=O) groups excluding carboxylic acids is 1. The van der Waals surface area contributed by atoms with Crippen molar-refractivity contribution in [2.24, 2.45) is 10.9 Å². The number of amides is 1. The molecule has 6 nitrogen and oxygen atoms in total. The molecular formula is C18H30IN5OS. The van der Waals surface area contributed by atoms with Gasteiger partial charge in [0, 0.05) is 30.4 Å². The van der Waals surface area contributed by atoms with E-state index in [1.54, 1.807) is 18.4 Å². The highest BCUT2D eigenvalue weighted by Gasteiger charge is 2.31. The molecule has 0 saturated heterocycles. The van der Waals surface area contributed by atoms with Crippen molar-refractivity contribution in [3.05, 3.63) is 16.1 Å². The first-order chi connectivity index (χ1) is 12.2. The topological polar surface area (TPSA) is 78.4 Å². The molecule has 2 aliphatic carbocycles. The summed E-state index contributed by atoms with van der Waals surface area (Å²) < 4.78 is 0. The average Bonchev–Trinajstić information content (AvgIpc) is 3.33. The van der Waals surface area contributed by atoms with Gasteiger partial charge >= 0.3 is 0 Å². The minimum atomic E-state index is 0. The molecule has 8 heteroatoms. The Kier molecular flexibility index (Phi) is 8.59. The molecule has 3 N–H and O–H groups in total. The van der Waals surface area contributed by atoms with Crippen LogP contribution in [0.2, 0.25) is 0 Å². The molecule has 2 saturated carbocycles. The summed E-state index contributed by atoms with van der Waals surface area (Å²) in [5, 5.41) is 13.2. The number of thiazole rings is 1. The van der Waals surface area contributed by atoms with Gasteiger partial charge in [0.2, 0.25) is 5.91 Å². The second-order valence-corrected chi connectivity index (χ2v) is 7.94. The number of hydrogen-bond donors (Lipinski definition) is 3. The molecule has 2 aliphatic rings. The van der Waals surface area contributed by atoms with Crippen molar-refractivity contribution >= 4 is 47.2 Å². The summed E-state index contributed by atoms with van der Waals surface area (Å²) in [5.74, 6) is 1.17. The van der Waals surface area contributed by atoms with Crippen LogP contribution in [0, 0.1) is 5.92 Å². The lowest BCUT2D eigenvalue weighted by Gasteiger charge is -2.30. The summed E-state index contributed by atoms with van der Waals surface area (Å²) in [6, 6.07) is 0.748. The monoisotopic (exact) mass is 491 g/mol. The van der Waals surface area contributed by atoms with E-state index in [-0.39, 0.29) is 35.8 Å². The van der Waals surface area contributed by atoms with E-state index in [0.717, 1.165) is 61.6 Å². The minimum Gasteiger partial charge on any atom is -0.354 e. The van der Waals surface area contributed by atoms with E-state index in [1.807, 2.05) is 0 Å². The Balaban J connectivity index is 0.00000243. The van der Waals surface area contributed by atoms with Crippen LogP contribution in [-0.4, -0.2) is 36.0 Å². The standard InChI is InChI=1S/C18H29N5OS.HI/c1-3-16-21-15(11-25-16)10-20-18(19-2)23-14-6-4-5-12(9-14)17(24)22-13-7-8-13;/h11-14H,3-10H2,1-2H3,(H,22,24)(H2,19,20,23);1H. The van der Waals surface area contributed by atoms with Gasteiger partial charge in [0.15, 0.2) is 5.96 Å². The van der Waals surface area contributed by atoms with Crippen molar-refractivity contribution in [2.75, 3.05) is 7.05 Å². The molecule has 1 aromatic rings. The van der Waals surface area contributed by atoms with Crippen molar-refractivity contribution in [1.29, 1.82) is 0 Å². The third-order valence-corrected chi connectivity index (χ3v) is 5.91. The van der Waals surface area contributed by atoms with Crippen molar-refractivity contribution in [3.8, 4) is 0 Å². The maximum atomic E-state index is 12.3. The molecule has 3 rings (SSSR count). The lowest BCUT2D eigenvalue weighted by Crippen LogP contribution is -2.47. The third kappa shape index (κ3) is 6.37. The van der Waals surface area contributed by atoms with Crippen LogP contribution in [0.5, 0.6) is 0 Å². The summed E-state index contributed by atoms with van der Waals surface area (Å²) in [6.45, 7) is 2.80. The quantitative estimate of drug-likeness (QED) is 0.325. The number of carbonyl (C=O) groups is 1. The van der Waals surface area contributed by atoms with Crippen LogP contribution < -0.4 is 16.0 Å². The van der Waals surface area contributed by atoms with Gasteiger partial charge in [-0.05, 0) is 38.5 Å². The van der Waals surface area contributed by atoms with Gasteiger partial charge in [-0.3, -0.25) is 9.79 Å². The highest BCUT2D eigenvalue weighted by molar-refractivity contribution is 14.0. The van der Waals surface area contributed by atoms with Gasteiger partial charge in [0.1, 0.15) is 0 Å². The van der Waals surface area contributed by atoms with Crippen molar-refractivity contribution in [1.82, 2.24) is 20.9 Å². The summed E-state index contributed by atoms with van der Waals surface area (Å²) in [7, 11) is 1.79. The Labute approximate surface area is 177 Å². The molecule has 0 radical (unpaired) electrons. The Bertz CT molecular complexity index is 616. The molecule has 1 aromatic heterocycles. The fourth-order valence-corrected chi connectivity index (χ4v) is 4.01. The smallest absolute Gasteiger partial charge is 0.223 e. The molecule has 146 valence electrons. The van der Waals surface area contributed by atoms with E-state index in [9.17, 15) is 4.79 Å². The molecular weight excluding hydrogens is 461 g/mol. The largest absolute Gasteiger partial charge is 0.354 e. The van der Waals surface area contributed by atoms with Crippen LogP contribution in [-0.2, 0) is 17.8 Å². The second-order valence-electron chi connectivity index (χ2n) is 7.00. The van der Waals surface area contributed by atoms with Crippen LogP contribution in [0.25, 0.3) is 0 Å². The predicted octanol–water partition coefficient (Wildman–Crippen LogP) is 2.83. The number of aliphatic imine (C=N–C) groups is 1. The molecule has 2 atom stereocenters. The van der Waals surface area contributed by atoms with E-state index in [1.165, 1.54) is 0 Å². The number of rotatable bonds is 6. The maximum absolute atomic E-state index is 12.3. The van der Waals surface area contributed by atoms with E-state index in [4.69, 9.17) is 0 Å². The fourth-order valence-electron chi connectivity index (χ4n) is 3.26. The van der Waals surface area contributed by atoms with Gasteiger partial charge in [0.05, 0.1) is 17.2 Å². The third-order valence-electron chi connectivity index (χ3n) is 4.87. The molecule has 0 aliphatic heterocycles. The number of halogens is 1. The molecule has 2 unspecified atom stereocenters. The number of nitrogens with zero attached hydrogens (tertiary/aromatic N) is 2. The van der Waals surface area contributed by atoms with Crippen molar-refractivity contribution < 1.29 is 4.79 Å². The SMILES string of the molecule is CCc1nc(CNC(=NC)NC2CCCC(C(=O)NC3CC3)C2)cs1.I. The molecule has 0 aromatic carbocycles. The maximum Gasteiger partial charge on any atom is 0.223 e. The zero-order chi connectivity index (χ0) is 17.6. The van der Waals surface area contributed by atoms with Crippen LogP contribution in [0.15, 0.2) is 10.4 Å². The first kappa shape index (κ1) is 21.4. The highest BCUT2D eigenvalue weighted by Crippen LogP contribution is 2.26. The Morgan fingerprint density at radius 1 is 1.27 bits per heavy atom. The molecule has 2 fully saturated rings. The van der Waals surface area contributed by atoms with Gasteiger partial charge in [-0.2, -0.15) is 0 Å². The Morgan fingerprint density at radius 2 is 2.08 bits per heavy atom. The molecule has 0 bridgehead atoms. The van der Waals surface area contributed by atoms with Crippen LogP contribution >= 0.6 is 35.3 Å². The van der Waals surface area contributed by atoms with Crippen molar-refractivity contribution in [2.45, 2.75) is 70.5 Å². The Hall–Kier alpha value is -0.900. The molecule has 1 amide bonds. The second kappa shape index (κ2) is 10.4. The zero-order valence-electron chi connectivity index (χ0n) is 15.6. The van der Waals surface area contributed by atoms with Gasteiger partial charge in [-0.1, -0.05) is 13.3 Å². The molecule has 1 heterocycles. The van der Waals surface area contributed by atoms with Crippen LogP contribution in [0.4, 0.5) is 0 Å². The van der Waals surface area contributed by atoms with Crippen LogP contribution in [0.3, 0.4) is 0 Å². The normalized spacial score (nSPS) is 23.1. The van der Waals surface area contributed by atoms with Gasteiger partial charge in [-0.25, -0.2) is 4.98 Å². The van der Waals surface area contributed by atoms with Gasteiger partial charge < -0.3 is 16.0 Å². The average molecular weight is 491 g/mol. The van der Waals surface area contributed by atoms with E-state index in [2.05, 4.69) is 38.2 Å². The zero-order valence-corrected chi connectivity index (χ0v) is 18.7. The molecule has 26 heavy (non-hydrogen) atoms. The van der Waals surface area contributed by atoms with E-state index >= 15 is 0 Å². The lowest BCUT2D eigenvalue weighted by atomic mass is 9.85. The highest BCUT2D eigenvalue weighted by atomic mass is 127. The van der Waals surface area contributed by atoms with Gasteiger partial charge in [-0.15, -0.1) is 35.3 Å². The first-order valence-corrected chi connectivity index (χ1v) is 10.3. The van der Waals surface area contributed by atoms with Gasteiger partial charge in [0.25, 0.3) is 0 Å². The van der Waals surface area contributed by atoms with Crippen molar-refractivity contribution in [3.63, 3.8) is 0 Å². The fraction of sp³-hybridized carbons (Fsp3) is 0.722. The number of guanidine groups is 1. The van der Waals surface area contributed by atoms with Crippen LogP contribution in [0.1, 0.15) is 56.2 Å². The summed E-state index contributed by atoms with van der Waals surface area (Å²) >= 11 is 1.70. The van der Waals surface area contributed by atoms with E-state index in [0.29, 0.717) is 18.6 Å². The van der Waals surface area contributed by atoms with E-state index < -0.39 is 0 Å². The lowest BCUT2D eigenvalue weighted by molar-refractivity contribution is -0.126. The summed E-state index contributed by atoms with van der Waals surface area (Å²) in [6.07, 6.45) is 7.33. The summed E-state index contributed by atoms with van der Waals surface area (Å²) in [5.41, 5.74) is 1.05.